The fourth-order valence-electron chi connectivity index (χ4n) is 4.85. The number of amidine groups is 1. The molecule has 48 heavy (non-hydrogen) atoms. The lowest BCUT2D eigenvalue weighted by Crippen LogP contribution is -2.49. The van der Waals surface area contributed by atoms with Gasteiger partial charge in [0.15, 0.2) is 6.04 Å². The predicted molar refractivity (Wildman–Crippen MR) is 181 cm³/mol. The predicted octanol–water partition coefficient (Wildman–Crippen LogP) is 5.86. The van der Waals surface area contributed by atoms with E-state index in [-0.39, 0.29) is 30.2 Å². The van der Waals surface area contributed by atoms with Gasteiger partial charge in [-0.2, -0.15) is 0 Å². The third-order valence-electron chi connectivity index (χ3n) is 7.36. The molecule has 3 N–H and O–H groups in total. The van der Waals surface area contributed by atoms with Crippen molar-refractivity contribution in [1.82, 2.24) is 4.90 Å². The summed E-state index contributed by atoms with van der Waals surface area (Å²) in [4.78, 5) is 54.9. The van der Waals surface area contributed by atoms with Gasteiger partial charge in [-0.15, -0.1) is 0 Å². The molecular formula is C38H37N3O7. The normalized spacial score (nSPS) is 12.3. The average Bonchev–Trinajstić information content (AvgIpc) is 3.10. The molecule has 10 heteroatoms. The Hall–Kier alpha value is -6.03. The van der Waals surface area contributed by atoms with Crippen molar-refractivity contribution in [2.75, 3.05) is 6.61 Å². The number of ether oxygens (including phenoxy) is 3. The molecular weight excluding hydrogens is 610 g/mol. The maximum atomic E-state index is 14.2. The zero-order valence-corrected chi connectivity index (χ0v) is 26.9. The molecule has 0 spiro atoms. The van der Waals surface area contributed by atoms with Crippen LogP contribution in [-0.2, 0) is 30.5 Å². The van der Waals surface area contributed by atoms with Gasteiger partial charge in [0, 0.05) is 11.1 Å². The van der Waals surface area contributed by atoms with Crippen molar-refractivity contribution in [1.29, 1.82) is 5.41 Å². The summed E-state index contributed by atoms with van der Waals surface area (Å²) in [6.45, 7) is 4.82. The van der Waals surface area contributed by atoms with Crippen LogP contribution in [-0.4, -0.2) is 47.2 Å². The molecule has 0 aromatic heterocycles. The Balaban J connectivity index is 1.60. The van der Waals surface area contributed by atoms with Gasteiger partial charge in [-0.1, -0.05) is 72.8 Å². The zero-order chi connectivity index (χ0) is 34.6. The number of carbonyl (C=O) groups excluding carboxylic acids is 4. The average molecular weight is 648 g/mol. The molecule has 0 aliphatic rings. The monoisotopic (exact) mass is 647 g/mol. The van der Waals surface area contributed by atoms with Crippen LogP contribution in [0.3, 0.4) is 0 Å². The number of rotatable bonds is 13. The summed E-state index contributed by atoms with van der Waals surface area (Å²) in [5, 5.41) is 7.48. The van der Waals surface area contributed by atoms with Gasteiger partial charge in [0.1, 0.15) is 24.2 Å². The Kier molecular flexibility index (Phi) is 12.0. The highest BCUT2D eigenvalue weighted by atomic mass is 16.5. The first-order chi connectivity index (χ1) is 23.1. The van der Waals surface area contributed by atoms with Gasteiger partial charge in [0.2, 0.25) is 0 Å². The summed E-state index contributed by atoms with van der Waals surface area (Å²) in [6.07, 6.45) is 1.60. The molecule has 0 heterocycles. The molecule has 0 fully saturated rings. The first-order valence-corrected chi connectivity index (χ1v) is 15.3. The zero-order valence-electron chi connectivity index (χ0n) is 26.9. The third kappa shape index (κ3) is 9.03. The second-order valence-electron chi connectivity index (χ2n) is 10.8. The summed E-state index contributed by atoms with van der Waals surface area (Å²) in [5.74, 6) is -2.36. The van der Waals surface area contributed by atoms with E-state index in [2.05, 4.69) is 0 Å². The standard InChI is InChI=1S/C38H37N3O7/c1-4-46-36(43)26(3)41(33(29-13-9-6-10-14-29)38(45)47-24-28-11-7-5-8-12-28)35(42)25(2)23-27-15-17-31(18-16-27)37(44)48-32-21-19-30(20-22-32)34(39)40/h5-23,26,33H,4,24H2,1-3H3,(H3,39,40). The lowest BCUT2D eigenvalue weighted by molar-refractivity contribution is -0.163. The van der Waals surface area contributed by atoms with Crippen molar-refractivity contribution in [2.24, 2.45) is 5.73 Å². The van der Waals surface area contributed by atoms with Crippen LogP contribution < -0.4 is 10.5 Å². The minimum Gasteiger partial charge on any atom is -0.464 e. The molecule has 2 unspecified atom stereocenters. The second-order valence-corrected chi connectivity index (χ2v) is 10.8. The summed E-state index contributed by atoms with van der Waals surface area (Å²) in [5.41, 5.74) is 8.30. The third-order valence-corrected chi connectivity index (χ3v) is 7.36. The number of benzene rings is 4. The number of amides is 1. The maximum absolute atomic E-state index is 14.2. The van der Waals surface area contributed by atoms with Gasteiger partial charge < -0.3 is 24.8 Å². The first-order valence-electron chi connectivity index (χ1n) is 15.3. The van der Waals surface area contributed by atoms with E-state index in [1.54, 1.807) is 98.8 Å². The minimum absolute atomic E-state index is 0.0217. The summed E-state index contributed by atoms with van der Waals surface area (Å²) in [7, 11) is 0. The number of hydrogen-bond acceptors (Lipinski definition) is 8. The van der Waals surface area contributed by atoms with Crippen LogP contribution in [0.2, 0.25) is 0 Å². The molecule has 0 saturated carbocycles. The van der Waals surface area contributed by atoms with Crippen LogP contribution in [0, 0.1) is 5.41 Å². The van der Waals surface area contributed by atoms with Crippen LogP contribution in [0.1, 0.15) is 59.4 Å². The molecule has 0 aliphatic carbocycles. The van der Waals surface area contributed by atoms with Crippen molar-refractivity contribution in [2.45, 2.75) is 39.5 Å². The van der Waals surface area contributed by atoms with E-state index in [0.717, 1.165) is 5.56 Å². The minimum atomic E-state index is -1.26. The van der Waals surface area contributed by atoms with E-state index in [4.69, 9.17) is 25.4 Å². The quantitative estimate of drug-likeness (QED) is 0.0603. The molecule has 2 atom stereocenters. The molecule has 0 radical (unpaired) electrons. The summed E-state index contributed by atoms with van der Waals surface area (Å²) >= 11 is 0. The van der Waals surface area contributed by atoms with Gasteiger partial charge in [-0.25, -0.2) is 14.4 Å². The van der Waals surface area contributed by atoms with Gasteiger partial charge in [0.25, 0.3) is 5.91 Å². The maximum Gasteiger partial charge on any atom is 0.343 e. The van der Waals surface area contributed by atoms with E-state index in [9.17, 15) is 19.2 Å². The largest absolute Gasteiger partial charge is 0.464 e. The molecule has 246 valence electrons. The van der Waals surface area contributed by atoms with Gasteiger partial charge in [-0.3, -0.25) is 10.2 Å². The van der Waals surface area contributed by atoms with E-state index < -0.39 is 35.9 Å². The Labute approximate surface area is 279 Å². The number of nitrogens with two attached hydrogens (primary N) is 1. The Morgan fingerprint density at radius 3 is 1.96 bits per heavy atom. The number of esters is 3. The second kappa shape index (κ2) is 16.5. The van der Waals surface area contributed by atoms with Gasteiger partial charge in [0.05, 0.1) is 12.2 Å². The Bertz CT molecular complexity index is 1770. The number of hydrogen-bond donors (Lipinski definition) is 2. The Morgan fingerprint density at radius 2 is 1.38 bits per heavy atom. The van der Waals surface area contributed by atoms with Crippen LogP contribution in [0.5, 0.6) is 5.75 Å². The van der Waals surface area contributed by atoms with Crippen molar-refractivity contribution in [3.63, 3.8) is 0 Å². The molecule has 10 nitrogen and oxygen atoms in total. The van der Waals surface area contributed by atoms with Crippen LogP contribution >= 0.6 is 0 Å². The molecule has 0 bridgehead atoms. The fourth-order valence-corrected chi connectivity index (χ4v) is 4.85. The highest BCUT2D eigenvalue weighted by Gasteiger charge is 2.39. The molecule has 1 amide bonds. The van der Waals surface area contributed by atoms with Crippen LogP contribution in [0.15, 0.2) is 115 Å². The van der Waals surface area contributed by atoms with Crippen LogP contribution in [0.4, 0.5) is 0 Å². The molecule has 4 rings (SSSR count). The SMILES string of the molecule is CCOC(=O)C(C)N(C(=O)C(C)=Cc1ccc(C(=O)Oc2ccc(C(=N)N)cc2)cc1)C(C(=O)OCc1ccccc1)c1ccccc1. The van der Waals surface area contributed by atoms with E-state index in [1.165, 1.54) is 11.8 Å². The lowest BCUT2D eigenvalue weighted by Gasteiger charge is -2.34. The Morgan fingerprint density at radius 1 is 0.792 bits per heavy atom. The summed E-state index contributed by atoms with van der Waals surface area (Å²) in [6, 6.07) is 28.1. The number of nitrogens with zero attached hydrogens (tertiary/aromatic N) is 1. The van der Waals surface area contributed by atoms with E-state index in [1.807, 2.05) is 30.3 Å². The number of nitrogens with one attached hydrogen (secondary N) is 1. The smallest absolute Gasteiger partial charge is 0.343 e. The van der Waals surface area contributed by atoms with Crippen LogP contribution in [0.25, 0.3) is 6.08 Å². The summed E-state index contributed by atoms with van der Waals surface area (Å²) < 4.78 is 16.4. The van der Waals surface area contributed by atoms with Gasteiger partial charge >= 0.3 is 17.9 Å². The first kappa shape index (κ1) is 34.8. The number of carbonyl (C=O) groups is 4. The molecule has 0 saturated heterocycles. The molecule has 4 aromatic carbocycles. The van der Waals surface area contributed by atoms with Crippen molar-refractivity contribution < 1.29 is 33.4 Å². The number of nitrogen functional groups attached to an aromatic ring is 1. The highest BCUT2D eigenvalue weighted by molar-refractivity contribution is 6.02. The van der Waals surface area contributed by atoms with Crippen molar-refractivity contribution in [3.8, 4) is 5.75 Å². The molecule has 0 aliphatic heterocycles. The molecule has 4 aromatic rings. The van der Waals surface area contributed by atoms with E-state index in [0.29, 0.717) is 22.4 Å². The fraction of sp³-hybridized carbons (Fsp3) is 0.184. The topological polar surface area (TPSA) is 149 Å². The van der Waals surface area contributed by atoms with Crippen molar-refractivity contribution in [3.05, 3.63) is 143 Å². The highest BCUT2D eigenvalue weighted by Crippen LogP contribution is 2.28. The van der Waals surface area contributed by atoms with Crippen molar-refractivity contribution >= 4 is 35.7 Å². The lowest BCUT2D eigenvalue weighted by atomic mass is 10.0. The van der Waals surface area contributed by atoms with Gasteiger partial charge in [-0.05, 0) is 79.9 Å². The van der Waals surface area contributed by atoms with E-state index >= 15 is 0 Å².